The van der Waals surface area contributed by atoms with Crippen molar-refractivity contribution < 1.29 is 4.74 Å². The second kappa shape index (κ2) is 4.22. The van der Waals surface area contributed by atoms with Gasteiger partial charge in [0.25, 0.3) is 0 Å². The van der Waals surface area contributed by atoms with Gasteiger partial charge in [-0.2, -0.15) is 0 Å². The topological polar surface area (TPSA) is 9.23 Å². The first-order chi connectivity index (χ1) is 5.33. The van der Waals surface area contributed by atoms with Crippen LogP contribution in [0, 0.1) is 5.92 Å². The molecule has 0 N–H and O–H groups in total. The summed E-state index contributed by atoms with van der Waals surface area (Å²) in [4.78, 5) is 0. The summed E-state index contributed by atoms with van der Waals surface area (Å²) >= 11 is 0. The Hall–Kier alpha value is -0.720. The third-order valence-electron chi connectivity index (χ3n) is 1.75. The minimum Gasteiger partial charge on any atom is -0.494 e. The van der Waals surface area contributed by atoms with Crippen LogP contribution in [0.5, 0.6) is 0 Å². The van der Waals surface area contributed by atoms with Crippen LogP contribution in [0.15, 0.2) is 24.0 Å². The highest BCUT2D eigenvalue weighted by molar-refractivity contribution is 5.17. The molecule has 11 heavy (non-hydrogen) atoms. The van der Waals surface area contributed by atoms with Gasteiger partial charge < -0.3 is 4.74 Å². The maximum absolute atomic E-state index is 5.45. The molecule has 1 rings (SSSR count). The van der Waals surface area contributed by atoms with Crippen LogP contribution in [0.4, 0.5) is 0 Å². The highest BCUT2D eigenvalue weighted by Gasteiger charge is 2.02. The van der Waals surface area contributed by atoms with E-state index in [1.54, 1.807) is 0 Å². The predicted molar refractivity (Wildman–Crippen MR) is 47.2 cm³/mol. The van der Waals surface area contributed by atoms with Crippen molar-refractivity contribution in [2.24, 2.45) is 5.92 Å². The van der Waals surface area contributed by atoms with Gasteiger partial charge in [0.1, 0.15) is 5.76 Å². The summed E-state index contributed by atoms with van der Waals surface area (Å²) in [7, 11) is 0. The van der Waals surface area contributed by atoms with Gasteiger partial charge in [0.15, 0.2) is 0 Å². The summed E-state index contributed by atoms with van der Waals surface area (Å²) in [6, 6.07) is 0. The Balaban J connectivity index is 2.31. The van der Waals surface area contributed by atoms with Crippen molar-refractivity contribution >= 4 is 0 Å². The van der Waals surface area contributed by atoms with Crippen molar-refractivity contribution in [1.82, 2.24) is 0 Å². The zero-order chi connectivity index (χ0) is 8.10. The van der Waals surface area contributed by atoms with E-state index in [2.05, 4.69) is 32.1 Å². The number of rotatable bonds is 3. The molecule has 1 unspecified atom stereocenters. The molecule has 0 radical (unpaired) electrons. The summed E-state index contributed by atoms with van der Waals surface area (Å²) in [6.07, 6.45) is 8.64. The van der Waals surface area contributed by atoms with Crippen LogP contribution in [-0.4, -0.2) is 6.61 Å². The highest BCUT2D eigenvalue weighted by atomic mass is 16.5. The van der Waals surface area contributed by atoms with Crippen molar-refractivity contribution in [2.45, 2.75) is 26.7 Å². The Morgan fingerprint density at radius 3 is 3.00 bits per heavy atom. The first kappa shape index (κ1) is 8.38. The maximum Gasteiger partial charge on any atom is 0.115 e. The van der Waals surface area contributed by atoms with E-state index in [1.165, 1.54) is 0 Å². The van der Waals surface area contributed by atoms with E-state index in [0.717, 1.165) is 25.2 Å². The third-order valence-corrected chi connectivity index (χ3v) is 1.75. The Labute approximate surface area is 68.8 Å². The molecular formula is C10H16O. The third kappa shape index (κ3) is 2.79. The molecule has 0 spiro atoms. The number of hydrogen-bond donors (Lipinski definition) is 0. The monoisotopic (exact) mass is 152 g/mol. The van der Waals surface area contributed by atoms with Gasteiger partial charge in [-0.05, 0) is 30.9 Å². The fraction of sp³-hybridized carbons (Fsp3) is 0.600. The van der Waals surface area contributed by atoms with E-state index in [1.807, 2.05) is 0 Å². The van der Waals surface area contributed by atoms with Gasteiger partial charge in [0, 0.05) is 0 Å². The van der Waals surface area contributed by atoms with Crippen LogP contribution in [0.25, 0.3) is 0 Å². The van der Waals surface area contributed by atoms with Crippen LogP contribution >= 0.6 is 0 Å². The Morgan fingerprint density at radius 2 is 2.45 bits per heavy atom. The molecule has 1 aliphatic carbocycles. The SMILES string of the molecule is CCCOC1=CCC(C)C=C1. The minimum absolute atomic E-state index is 0.684. The largest absolute Gasteiger partial charge is 0.494 e. The van der Waals surface area contributed by atoms with Crippen molar-refractivity contribution in [3.63, 3.8) is 0 Å². The van der Waals surface area contributed by atoms with Crippen molar-refractivity contribution in [3.05, 3.63) is 24.0 Å². The fourth-order valence-corrected chi connectivity index (χ4v) is 1.03. The number of ether oxygens (including phenoxy) is 1. The molecule has 0 aromatic rings. The van der Waals surface area contributed by atoms with Gasteiger partial charge in [-0.1, -0.05) is 19.9 Å². The first-order valence-corrected chi connectivity index (χ1v) is 4.34. The lowest BCUT2D eigenvalue weighted by atomic mass is 10.0. The Bertz CT molecular complexity index is 168. The summed E-state index contributed by atoms with van der Waals surface area (Å²) in [5.74, 6) is 1.73. The summed E-state index contributed by atoms with van der Waals surface area (Å²) in [6.45, 7) is 5.17. The molecule has 0 aromatic carbocycles. The van der Waals surface area contributed by atoms with E-state index in [-0.39, 0.29) is 0 Å². The van der Waals surface area contributed by atoms with Gasteiger partial charge in [0.05, 0.1) is 6.61 Å². The molecule has 1 nitrogen and oxygen atoms in total. The molecule has 1 heteroatoms. The molecule has 0 aromatic heterocycles. The second-order valence-electron chi connectivity index (χ2n) is 3.03. The van der Waals surface area contributed by atoms with E-state index >= 15 is 0 Å². The molecule has 1 atom stereocenters. The molecule has 0 aliphatic heterocycles. The average Bonchev–Trinajstić information content (AvgIpc) is 2.04. The highest BCUT2D eigenvalue weighted by Crippen LogP contribution is 2.15. The molecule has 0 heterocycles. The normalized spacial score (nSPS) is 23.1. The number of hydrogen-bond acceptors (Lipinski definition) is 1. The molecular weight excluding hydrogens is 136 g/mol. The molecule has 0 bridgehead atoms. The quantitative estimate of drug-likeness (QED) is 0.604. The smallest absolute Gasteiger partial charge is 0.115 e. The first-order valence-electron chi connectivity index (χ1n) is 4.34. The van der Waals surface area contributed by atoms with E-state index in [0.29, 0.717) is 5.92 Å². The number of allylic oxidation sites excluding steroid dienone is 3. The van der Waals surface area contributed by atoms with Crippen molar-refractivity contribution in [3.8, 4) is 0 Å². The molecule has 0 fully saturated rings. The lowest BCUT2D eigenvalue weighted by molar-refractivity contribution is 0.221. The molecule has 0 saturated heterocycles. The standard InChI is InChI=1S/C10H16O/c1-3-8-11-10-6-4-9(2)5-7-10/h4,6-7,9H,3,5,8H2,1-2H3. The second-order valence-corrected chi connectivity index (χ2v) is 3.03. The van der Waals surface area contributed by atoms with Crippen LogP contribution < -0.4 is 0 Å². The molecule has 1 aliphatic rings. The summed E-state index contributed by atoms with van der Waals surface area (Å²) in [5, 5.41) is 0. The van der Waals surface area contributed by atoms with Gasteiger partial charge >= 0.3 is 0 Å². The summed E-state index contributed by atoms with van der Waals surface area (Å²) < 4.78 is 5.45. The fourth-order valence-electron chi connectivity index (χ4n) is 1.03. The van der Waals surface area contributed by atoms with Gasteiger partial charge in [-0.15, -0.1) is 0 Å². The van der Waals surface area contributed by atoms with Crippen LogP contribution in [0.2, 0.25) is 0 Å². The zero-order valence-corrected chi connectivity index (χ0v) is 7.34. The van der Waals surface area contributed by atoms with Crippen LogP contribution in [-0.2, 0) is 4.74 Å². The predicted octanol–water partition coefficient (Wildman–Crippen LogP) is 2.89. The van der Waals surface area contributed by atoms with E-state index in [4.69, 9.17) is 4.74 Å². The minimum atomic E-state index is 0.684. The van der Waals surface area contributed by atoms with Crippen molar-refractivity contribution in [1.29, 1.82) is 0 Å². The Morgan fingerprint density at radius 1 is 1.64 bits per heavy atom. The van der Waals surface area contributed by atoms with Gasteiger partial charge in [-0.3, -0.25) is 0 Å². The van der Waals surface area contributed by atoms with Gasteiger partial charge in [0.2, 0.25) is 0 Å². The van der Waals surface area contributed by atoms with E-state index in [9.17, 15) is 0 Å². The maximum atomic E-state index is 5.45. The van der Waals surface area contributed by atoms with Crippen LogP contribution in [0.1, 0.15) is 26.7 Å². The lowest BCUT2D eigenvalue weighted by Crippen LogP contribution is -1.98. The van der Waals surface area contributed by atoms with Gasteiger partial charge in [-0.25, -0.2) is 0 Å². The molecule has 62 valence electrons. The summed E-state index contributed by atoms with van der Waals surface area (Å²) in [5.41, 5.74) is 0. The van der Waals surface area contributed by atoms with E-state index < -0.39 is 0 Å². The van der Waals surface area contributed by atoms with Crippen molar-refractivity contribution in [2.75, 3.05) is 6.61 Å². The van der Waals surface area contributed by atoms with Crippen LogP contribution in [0.3, 0.4) is 0 Å². The average molecular weight is 152 g/mol. The lowest BCUT2D eigenvalue weighted by Gasteiger charge is -2.12. The Kier molecular flexibility index (Phi) is 3.21. The molecule has 0 saturated carbocycles. The molecule has 0 amide bonds. The zero-order valence-electron chi connectivity index (χ0n) is 7.34.